The highest BCUT2D eigenvalue weighted by Crippen LogP contribution is 2.41. The molecule has 160 valence electrons. The van der Waals surface area contributed by atoms with Gasteiger partial charge in [0.15, 0.2) is 6.10 Å². The van der Waals surface area contributed by atoms with Crippen molar-refractivity contribution in [1.82, 2.24) is 5.32 Å². The summed E-state index contributed by atoms with van der Waals surface area (Å²) < 4.78 is 22.0. The maximum Gasteiger partial charge on any atom is 0.359 e. The molecular weight excluding hydrogens is 386 g/mol. The molecule has 0 unspecified atom stereocenters. The zero-order valence-electron chi connectivity index (χ0n) is 17.8. The van der Waals surface area contributed by atoms with Gasteiger partial charge in [0, 0.05) is 5.56 Å². The molecule has 0 spiro atoms. The predicted molar refractivity (Wildman–Crippen MR) is 110 cm³/mol. The molecule has 1 N–H and O–H groups in total. The predicted octanol–water partition coefficient (Wildman–Crippen LogP) is 3.09. The number of methoxy groups -OCH3 is 2. The largest absolute Gasteiger partial charge is 0.497 e. The van der Waals surface area contributed by atoms with Crippen LogP contribution in [-0.2, 0) is 29.5 Å². The van der Waals surface area contributed by atoms with Crippen LogP contribution in [0.15, 0.2) is 54.6 Å². The summed E-state index contributed by atoms with van der Waals surface area (Å²) in [5.41, 5.74) is -1.18. The van der Waals surface area contributed by atoms with Crippen molar-refractivity contribution in [3.63, 3.8) is 0 Å². The molecule has 1 aliphatic heterocycles. The fourth-order valence-electron chi connectivity index (χ4n) is 3.36. The van der Waals surface area contributed by atoms with Gasteiger partial charge in [-0.2, -0.15) is 0 Å². The SMILES string of the molecule is COC(=O)[C@H]1O[C@@](C(=O)OC(C)(C)C)(c2ccc(OC)cc2)N[C@H]1c1ccccc1. The van der Waals surface area contributed by atoms with Crippen LogP contribution < -0.4 is 10.1 Å². The number of hydrogen-bond acceptors (Lipinski definition) is 7. The van der Waals surface area contributed by atoms with Crippen LogP contribution in [0.2, 0.25) is 0 Å². The Bertz CT molecular complexity index is 890. The van der Waals surface area contributed by atoms with E-state index in [-0.39, 0.29) is 0 Å². The Morgan fingerprint density at radius 2 is 1.63 bits per heavy atom. The van der Waals surface area contributed by atoms with Crippen molar-refractivity contribution in [1.29, 1.82) is 0 Å². The lowest BCUT2D eigenvalue weighted by Crippen LogP contribution is -2.49. The molecule has 1 heterocycles. The first kappa shape index (κ1) is 21.8. The number of carbonyl (C=O) groups is 2. The van der Waals surface area contributed by atoms with Crippen LogP contribution in [0.1, 0.15) is 37.9 Å². The number of carbonyl (C=O) groups excluding carboxylic acids is 2. The number of hydrogen-bond donors (Lipinski definition) is 1. The van der Waals surface area contributed by atoms with Crippen LogP contribution in [0.3, 0.4) is 0 Å². The number of ether oxygens (including phenoxy) is 4. The molecule has 0 aromatic heterocycles. The lowest BCUT2D eigenvalue weighted by atomic mass is 9.99. The van der Waals surface area contributed by atoms with Crippen LogP contribution in [0, 0.1) is 0 Å². The summed E-state index contributed by atoms with van der Waals surface area (Å²) in [6, 6.07) is 15.5. The summed E-state index contributed by atoms with van der Waals surface area (Å²) >= 11 is 0. The maximum atomic E-state index is 13.4. The number of esters is 2. The minimum absolute atomic E-state index is 0.491. The van der Waals surface area contributed by atoms with Gasteiger partial charge in [-0.05, 0) is 38.5 Å². The molecule has 30 heavy (non-hydrogen) atoms. The van der Waals surface area contributed by atoms with E-state index in [2.05, 4.69) is 5.32 Å². The standard InChI is InChI=1S/C23H27NO6/c1-22(2,3)30-21(26)23(16-11-13-17(27-4)14-12-16)24-18(15-9-7-6-8-10-15)19(29-23)20(25)28-5/h6-14,18-19,24H,1-5H3/t18-,19-,23+/m0/s1. The van der Waals surface area contributed by atoms with Crippen LogP contribution in [0.25, 0.3) is 0 Å². The summed E-state index contributed by atoms with van der Waals surface area (Å²) in [5.74, 6) is -0.608. The maximum absolute atomic E-state index is 13.4. The van der Waals surface area contributed by atoms with E-state index in [1.54, 1.807) is 52.1 Å². The van der Waals surface area contributed by atoms with Gasteiger partial charge in [-0.1, -0.05) is 42.5 Å². The molecular formula is C23H27NO6. The Balaban J connectivity index is 2.10. The van der Waals surface area contributed by atoms with Gasteiger partial charge in [-0.3, -0.25) is 5.32 Å². The first-order valence-electron chi connectivity index (χ1n) is 9.66. The smallest absolute Gasteiger partial charge is 0.359 e. The first-order chi connectivity index (χ1) is 14.2. The summed E-state index contributed by atoms with van der Waals surface area (Å²) in [6.07, 6.45) is -1.05. The van der Waals surface area contributed by atoms with Gasteiger partial charge in [0.2, 0.25) is 5.72 Å². The highest BCUT2D eigenvalue weighted by atomic mass is 16.6. The summed E-state index contributed by atoms with van der Waals surface area (Å²) in [6.45, 7) is 5.32. The van der Waals surface area contributed by atoms with Crippen molar-refractivity contribution in [2.75, 3.05) is 14.2 Å². The van der Waals surface area contributed by atoms with Crippen LogP contribution >= 0.6 is 0 Å². The molecule has 0 bridgehead atoms. The molecule has 7 heteroatoms. The van der Waals surface area contributed by atoms with E-state index in [1.165, 1.54) is 7.11 Å². The first-order valence-corrected chi connectivity index (χ1v) is 9.66. The summed E-state index contributed by atoms with van der Waals surface area (Å²) in [4.78, 5) is 25.9. The molecule has 2 aromatic rings. The number of benzene rings is 2. The van der Waals surface area contributed by atoms with Crippen LogP contribution in [-0.4, -0.2) is 37.9 Å². The van der Waals surface area contributed by atoms with Gasteiger partial charge in [0.05, 0.1) is 20.3 Å². The Hall–Kier alpha value is -2.90. The Morgan fingerprint density at radius 3 is 2.17 bits per heavy atom. The summed E-state index contributed by atoms with van der Waals surface area (Å²) in [5, 5.41) is 3.22. The van der Waals surface area contributed by atoms with E-state index in [9.17, 15) is 9.59 Å². The van der Waals surface area contributed by atoms with E-state index in [1.807, 2.05) is 30.3 Å². The van der Waals surface area contributed by atoms with E-state index in [0.29, 0.717) is 11.3 Å². The van der Waals surface area contributed by atoms with Crippen LogP contribution in [0.5, 0.6) is 5.75 Å². The van der Waals surface area contributed by atoms with Crippen LogP contribution in [0.4, 0.5) is 0 Å². The molecule has 0 radical (unpaired) electrons. The van der Waals surface area contributed by atoms with E-state index >= 15 is 0 Å². The third kappa shape index (κ3) is 4.32. The second kappa shape index (κ2) is 8.45. The molecule has 0 amide bonds. The van der Waals surface area contributed by atoms with Gasteiger partial charge in [-0.25, -0.2) is 9.59 Å². The van der Waals surface area contributed by atoms with Gasteiger partial charge < -0.3 is 18.9 Å². The Kier molecular flexibility index (Phi) is 6.14. The minimum Gasteiger partial charge on any atom is -0.497 e. The normalized spacial score (nSPS) is 23.6. The zero-order valence-corrected chi connectivity index (χ0v) is 17.8. The molecule has 1 fully saturated rings. The molecule has 2 aromatic carbocycles. The average Bonchev–Trinajstić information content (AvgIpc) is 3.15. The molecule has 3 atom stereocenters. The van der Waals surface area contributed by atoms with Crippen molar-refractivity contribution < 1.29 is 28.5 Å². The van der Waals surface area contributed by atoms with Crippen molar-refractivity contribution >= 4 is 11.9 Å². The zero-order chi connectivity index (χ0) is 21.9. The fourth-order valence-corrected chi connectivity index (χ4v) is 3.36. The van der Waals surface area contributed by atoms with Crippen molar-refractivity contribution in [2.24, 2.45) is 0 Å². The fraction of sp³-hybridized carbons (Fsp3) is 0.391. The highest BCUT2D eigenvalue weighted by Gasteiger charge is 2.57. The molecule has 3 rings (SSSR count). The lowest BCUT2D eigenvalue weighted by Gasteiger charge is -2.31. The minimum atomic E-state index is -1.70. The van der Waals surface area contributed by atoms with Gasteiger partial charge in [-0.15, -0.1) is 0 Å². The molecule has 1 saturated heterocycles. The van der Waals surface area contributed by atoms with E-state index < -0.39 is 35.4 Å². The Morgan fingerprint density at radius 1 is 1.00 bits per heavy atom. The monoisotopic (exact) mass is 413 g/mol. The van der Waals surface area contributed by atoms with E-state index in [4.69, 9.17) is 18.9 Å². The van der Waals surface area contributed by atoms with Crippen molar-refractivity contribution in [3.05, 3.63) is 65.7 Å². The van der Waals surface area contributed by atoms with Crippen molar-refractivity contribution in [3.8, 4) is 5.75 Å². The average molecular weight is 413 g/mol. The van der Waals surface area contributed by atoms with Gasteiger partial charge in [0.1, 0.15) is 11.4 Å². The van der Waals surface area contributed by atoms with Gasteiger partial charge in [0.25, 0.3) is 0 Å². The number of rotatable bonds is 5. The Labute approximate surface area is 176 Å². The number of nitrogens with one attached hydrogen (secondary N) is 1. The van der Waals surface area contributed by atoms with Gasteiger partial charge >= 0.3 is 11.9 Å². The topological polar surface area (TPSA) is 83.1 Å². The quantitative estimate of drug-likeness (QED) is 0.754. The molecule has 0 aliphatic carbocycles. The van der Waals surface area contributed by atoms with Crippen molar-refractivity contribution in [2.45, 2.75) is 44.2 Å². The lowest BCUT2D eigenvalue weighted by molar-refractivity contribution is -0.190. The third-order valence-corrected chi connectivity index (χ3v) is 4.74. The second-order valence-electron chi connectivity index (χ2n) is 8.01. The molecule has 1 aliphatic rings. The third-order valence-electron chi connectivity index (χ3n) is 4.74. The van der Waals surface area contributed by atoms with E-state index in [0.717, 1.165) is 5.56 Å². The molecule has 7 nitrogen and oxygen atoms in total. The second-order valence-corrected chi connectivity index (χ2v) is 8.01. The highest BCUT2D eigenvalue weighted by molar-refractivity contribution is 5.84. The summed E-state index contributed by atoms with van der Waals surface area (Å²) in [7, 11) is 2.84. The molecule has 0 saturated carbocycles.